The van der Waals surface area contributed by atoms with Crippen LogP contribution in [0.1, 0.15) is 30.1 Å². The maximum Gasteiger partial charge on any atom is 0.251 e. The van der Waals surface area contributed by atoms with Crippen LogP contribution in [0.3, 0.4) is 0 Å². The van der Waals surface area contributed by atoms with Gasteiger partial charge in [0.05, 0.1) is 10.3 Å². The van der Waals surface area contributed by atoms with Crippen LogP contribution in [0.5, 0.6) is 0 Å². The molecule has 1 saturated heterocycles. The third-order valence-corrected chi connectivity index (χ3v) is 6.18. The maximum absolute atomic E-state index is 11.9. The molecule has 3 aromatic rings. The highest BCUT2D eigenvalue weighted by molar-refractivity contribution is 7.22. The van der Waals surface area contributed by atoms with Gasteiger partial charge in [-0.15, -0.1) is 11.3 Å². The highest BCUT2D eigenvalue weighted by atomic mass is 32.1. The Morgan fingerprint density at radius 3 is 2.88 bits per heavy atom. The predicted octanol–water partition coefficient (Wildman–Crippen LogP) is 3.61. The number of fused-ring (bicyclic) bond motifs is 1. The Kier molecular flexibility index (Phi) is 4.61. The predicted molar refractivity (Wildman–Crippen MR) is 108 cm³/mol. The van der Waals surface area contributed by atoms with Gasteiger partial charge >= 0.3 is 0 Å². The molecular formula is C20H22N4OS. The molecule has 0 spiro atoms. The van der Waals surface area contributed by atoms with Crippen molar-refractivity contribution in [1.29, 1.82) is 0 Å². The minimum absolute atomic E-state index is 0.318. The van der Waals surface area contributed by atoms with Gasteiger partial charge < -0.3 is 16.4 Å². The quantitative estimate of drug-likeness (QED) is 0.659. The smallest absolute Gasteiger partial charge is 0.251 e. The van der Waals surface area contributed by atoms with Crippen molar-refractivity contribution in [3.63, 3.8) is 0 Å². The van der Waals surface area contributed by atoms with Crippen LogP contribution < -0.4 is 16.4 Å². The lowest BCUT2D eigenvalue weighted by Gasteiger charge is -2.31. The highest BCUT2D eigenvalue weighted by Crippen LogP contribution is 2.38. The van der Waals surface area contributed by atoms with Crippen LogP contribution in [0.4, 0.5) is 5.82 Å². The zero-order valence-electron chi connectivity index (χ0n) is 14.7. The number of nitrogens with one attached hydrogen (secondary N) is 2. The number of carbonyl (C=O) groups is 1. The minimum Gasteiger partial charge on any atom is -0.366 e. The monoisotopic (exact) mass is 366 g/mol. The number of amides is 1. The molecule has 0 radical (unpaired) electrons. The van der Waals surface area contributed by atoms with Gasteiger partial charge in [0.2, 0.25) is 0 Å². The van der Waals surface area contributed by atoms with Gasteiger partial charge in [0, 0.05) is 28.5 Å². The van der Waals surface area contributed by atoms with Crippen molar-refractivity contribution in [3.05, 3.63) is 48.2 Å². The molecule has 26 heavy (non-hydrogen) atoms. The number of rotatable bonds is 4. The van der Waals surface area contributed by atoms with E-state index in [9.17, 15) is 4.79 Å². The van der Waals surface area contributed by atoms with E-state index in [0.29, 0.717) is 17.6 Å². The van der Waals surface area contributed by atoms with E-state index in [-0.39, 0.29) is 0 Å². The molecule has 1 aliphatic heterocycles. The third-order valence-electron chi connectivity index (χ3n) is 4.96. The van der Waals surface area contributed by atoms with Crippen LogP contribution in [0, 0.1) is 0 Å². The van der Waals surface area contributed by atoms with Gasteiger partial charge in [-0.25, -0.2) is 4.98 Å². The number of thiophene rings is 1. The van der Waals surface area contributed by atoms with E-state index in [4.69, 9.17) is 5.73 Å². The molecule has 1 aromatic carbocycles. The molecule has 6 heteroatoms. The number of benzene rings is 1. The van der Waals surface area contributed by atoms with Crippen molar-refractivity contribution in [2.75, 3.05) is 11.9 Å². The average Bonchev–Trinajstić information content (AvgIpc) is 3.10. The summed E-state index contributed by atoms with van der Waals surface area (Å²) in [5.74, 6) is 0.382. The number of carbonyl (C=O) groups excluding carboxylic acids is 1. The molecule has 1 aliphatic rings. The van der Waals surface area contributed by atoms with E-state index in [1.54, 1.807) is 17.5 Å². The van der Waals surface area contributed by atoms with Gasteiger partial charge in [-0.05, 0) is 37.9 Å². The standard InChI is InChI=1S/C20H22N4OS/c1-12-16(8-5-9-22-12)24-20-14-10-17(13-6-3-2-4-7-13)26-18(14)15(11-23-20)19(21)25/h2-4,6-7,10-12,16,22H,5,8-9H2,1H3,(H2,21,25)(H,23,24)/t12-,16+/m0/s1. The lowest BCUT2D eigenvalue weighted by molar-refractivity contribution is 0.100. The lowest BCUT2D eigenvalue weighted by Crippen LogP contribution is -2.46. The Bertz CT molecular complexity index is 938. The summed E-state index contributed by atoms with van der Waals surface area (Å²) in [6.45, 7) is 3.24. The molecule has 0 saturated carbocycles. The van der Waals surface area contributed by atoms with Crippen molar-refractivity contribution in [2.24, 2.45) is 5.73 Å². The number of primary amides is 1. The number of anilines is 1. The summed E-state index contributed by atoms with van der Waals surface area (Å²) in [4.78, 5) is 17.5. The highest BCUT2D eigenvalue weighted by Gasteiger charge is 2.23. The number of nitrogens with zero attached hydrogens (tertiary/aromatic N) is 1. The molecule has 5 nitrogen and oxygen atoms in total. The first-order valence-corrected chi connectivity index (χ1v) is 9.73. The second kappa shape index (κ2) is 7.05. The molecule has 3 heterocycles. The molecule has 4 N–H and O–H groups in total. The molecule has 0 unspecified atom stereocenters. The Hall–Kier alpha value is -2.44. The van der Waals surface area contributed by atoms with Crippen molar-refractivity contribution in [2.45, 2.75) is 31.8 Å². The fourth-order valence-electron chi connectivity index (χ4n) is 3.48. The second-order valence-electron chi connectivity index (χ2n) is 6.74. The second-order valence-corrected chi connectivity index (χ2v) is 7.79. The lowest BCUT2D eigenvalue weighted by atomic mass is 9.99. The van der Waals surface area contributed by atoms with Crippen molar-refractivity contribution in [1.82, 2.24) is 10.3 Å². The van der Waals surface area contributed by atoms with E-state index in [1.807, 2.05) is 18.2 Å². The number of piperidine rings is 1. The Morgan fingerprint density at radius 1 is 1.35 bits per heavy atom. The largest absolute Gasteiger partial charge is 0.366 e. The molecule has 0 aliphatic carbocycles. The van der Waals surface area contributed by atoms with Gasteiger partial charge in [-0.3, -0.25) is 4.79 Å². The number of aromatic nitrogens is 1. The number of nitrogens with two attached hydrogens (primary N) is 1. The summed E-state index contributed by atoms with van der Waals surface area (Å²) < 4.78 is 0.894. The number of hydrogen-bond donors (Lipinski definition) is 3. The molecule has 1 fully saturated rings. The fraction of sp³-hybridized carbons (Fsp3) is 0.300. The summed E-state index contributed by atoms with van der Waals surface area (Å²) in [5.41, 5.74) is 7.19. The molecule has 0 bridgehead atoms. The zero-order chi connectivity index (χ0) is 18.1. The van der Waals surface area contributed by atoms with Crippen LogP contribution in [-0.2, 0) is 0 Å². The minimum atomic E-state index is -0.441. The summed E-state index contributed by atoms with van der Waals surface area (Å²) in [6, 6.07) is 13.0. The molecule has 1 amide bonds. The van der Waals surface area contributed by atoms with E-state index < -0.39 is 5.91 Å². The first-order chi connectivity index (χ1) is 12.6. The van der Waals surface area contributed by atoms with Crippen LogP contribution in [0.2, 0.25) is 0 Å². The fourth-order valence-corrected chi connectivity index (χ4v) is 4.66. The summed E-state index contributed by atoms with van der Waals surface area (Å²) >= 11 is 1.59. The van der Waals surface area contributed by atoms with Crippen molar-refractivity contribution < 1.29 is 4.79 Å². The summed E-state index contributed by atoms with van der Waals surface area (Å²) in [6.07, 6.45) is 3.84. The molecule has 4 rings (SSSR count). The van der Waals surface area contributed by atoms with E-state index in [0.717, 1.165) is 45.7 Å². The Labute approximate surface area is 156 Å². The van der Waals surface area contributed by atoms with Crippen LogP contribution >= 0.6 is 11.3 Å². The van der Waals surface area contributed by atoms with Gasteiger partial charge in [0.1, 0.15) is 5.82 Å². The molecule has 2 aromatic heterocycles. The normalized spacial score (nSPS) is 20.2. The van der Waals surface area contributed by atoms with Crippen molar-refractivity contribution >= 4 is 33.1 Å². The number of hydrogen-bond acceptors (Lipinski definition) is 5. The van der Waals surface area contributed by atoms with E-state index >= 15 is 0 Å². The topological polar surface area (TPSA) is 80.0 Å². The van der Waals surface area contributed by atoms with Crippen molar-refractivity contribution in [3.8, 4) is 10.4 Å². The van der Waals surface area contributed by atoms with Crippen LogP contribution in [0.15, 0.2) is 42.6 Å². The number of pyridine rings is 1. The summed E-state index contributed by atoms with van der Waals surface area (Å²) in [5, 5.41) is 8.05. The van der Waals surface area contributed by atoms with Crippen LogP contribution in [0.25, 0.3) is 20.5 Å². The van der Waals surface area contributed by atoms with Gasteiger partial charge in [-0.2, -0.15) is 0 Å². The first-order valence-electron chi connectivity index (χ1n) is 8.91. The van der Waals surface area contributed by atoms with Gasteiger partial charge in [0.25, 0.3) is 5.91 Å². The molecule has 134 valence electrons. The van der Waals surface area contributed by atoms with Gasteiger partial charge in [0.15, 0.2) is 0 Å². The molecule has 2 atom stereocenters. The summed E-state index contributed by atoms with van der Waals surface area (Å²) in [7, 11) is 0. The Morgan fingerprint density at radius 2 is 2.15 bits per heavy atom. The maximum atomic E-state index is 11.9. The molecular weight excluding hydrogens is 344 g/mol. The SMILES string of the molecule is C[C@@H]1NCCC[C@H]1Nc1ncc(C(N)=O)c2sc(-c3ccccc3)cc12. The van der Waals surface area contributed by atoms with Crippen LogP contribution in [-0.4, -0.2) is 29.5 Å². The first kappa shape index (κ1) is 17.0. The zero-order valence-corrected chi connectivity index (χ0v) is 15.5. The average molecular weight is 366 g/mol. The third kappa shape index (κ3) is 3.18. The Balaban J connectivity index is 1.79. The van der Waals surface area contributed by atoms with Gasteiger partial charge in [-0.1, -0.05) is 30.3 Å². The van der Waals surface area contributed by atoms with E-state index in [2.05, 4.69) is 40.7 Å². The van der Waals surface area contributed by atoms with E-state index in [1.165, 1.54) is 0 Å².